The maximum absolute atomic E-state index is 12.7. The molecule has 1 saturated heterocycles. The molecule has 6 heteroatoms. The normalized spacial score (nSPS) is 28.5. The van der Waals surface area contributed by atoms with Crippen molar-refractivity contribution in [2.45, 2.75) is 48.2 Å². The summed E-state index contributed by atoms with van der Waals surface area (Å²) in [6.07, 6.45) is 5.65. The fourth-order valence-electron chi connectivity index (χ4n) is 3.34. The van der Waals surface area contributed by atoms with Crippen LogP contribution in [0.3, 0.4) is 0 Å². The molecule has 1 aromatic heterocycles. The van der Waals surface area contributed by atoms with Crippen molar-refractivity contribution in [2.75, 3.05) is 6.54 Å². The molecule has 1 aliphatic heterocycles. The third kappa shape index (κ3) is 2.46. The summed E-state index contributed by atoms with van der Waals surface area (Å²) in [5, 5.41) is 1.84. The number of halogens is 1. The standard InChI is InChI=1S/C13H18ClNO2S2/c14-8-10-7-13(18-9-10)19(16,17)15-6-5-11-3-1-2-4-12(11)15/h7,9,11-12H,1-6,8H2. The lowest BCUT2D eigenvalue weighted by Crippen LogP contribution is -2.38. The lowest BCUT2D eigenvalue weighted by atomic mass is 9.86. The first-order chi connectivity index (χ1) is 9.13. The molecule has 0 N–H and O–H groups in total. The Bertz CT molecular complexity index is 555. The first kappa shape index (κ1) is 13.9. The zero-order chi connectivity index (χ0) is 13.5. The minimum absolute atomic E-state index is 0.236. The Hall–Kier alpha value is -0.100. The Morgan fingerprint density at radius 2 is 2.11 bits per heavy atom. The fraction of sp³-hybridized carbons (Fsp3) is 0.692. The molecule has 2 aliphatic rings. The number of nitrogens with zero attached hydrogens (tertiary/aromatic N) is 1. The Morgan fingerprint density at radius 3 is 2.84 bits per heavy atom. The maximum Gasteiger partial charge on any atom is 0.252 e. The van der Waals surface area contributed by atoms with Crippen molar-refractivity contribution in [1.82, 2.24) is 4.31 Å². The average Bonchev–Trinajstić information content (AvgIpc) is 3.06. The molecule has 2 unspecified atom stereocenters. The number of hydrogen-bond donors (Lipinski definition) is 0. The molecule has 0 aromatic carbocycles. The van der Waals surface area contributed by atoms with E-state index in [1.54, 1.807) is 10.4 Å². The highest BCUT2D eigenvalue weighted by Crippen LogP contribution is 2.40. The smallest absolute Gasteiger partial charge is 0.206 e. The first-order valence-electron chi connectivity index (χ1n) is 6.78. The van der Waals surface area contributed by atoms with E-state index >= 15 is 0 Å². The van der Waals surface area contributed by atoms with E-state index in [4.69, 9.17) is 11.6 Å². The minimum atomic E-state index is -3.31. The van der Waals surface area contributed by atoms with Crippen molar-refractivity contribution < 1.29 is 8.42 Å². The minimum Gasteiger partial charge on any atom is -0.206 e. The Kier molecular flexibility index (Phi) is 3.91. The van der Waals surface area contributed by atoms with Gasteiger partial charge in [-0.2, -0.15) is 4.31 Å². The Morgan fingerprint density at radius 1 is 1.32 bits per heavy atom. The lowest BCUT2D eigenvalue weighted by Gasteiger charge is -2.30. The number of hydrogen-bond acceptors (Lipinski definition) is 3. The first-order valence-corrected chi connectivity index (χ1v) is 9.63. The number of alkyl halides is 1. The monoisotopic (exact) mass is 319 g/mol. The molecule has 2 fully saturated rings. The topological polar surface area (TPSA) is 37.4 Å². The van der Waals surface area contributed by atoms with Gasteiger partial charge in [0.1, 0.15) is 4.21 Å². The van der Waals surface area contributed by atoms with Crippen molar-refractivity contribution in [3.8, 4) is 0 Å². The van der Waals surface area contributed by atoms with E-state index < -0.39 is 10.0 Å². The zero-order valence-electron chi connectivity index (χ0n) is 10.7. The van der Waals surface area contributed by atoms with Crippen LogP contribution < -0.4 is 0 Å². The second-order valence-electron chi connectivity index (χ2n) is 5.42. The molecule has 0 radical (unpaired) electrons. The summed E-state index contributed by atoms with van der Waals surface area (Å²) in [4.78, 5) is 0. The quantitative estimate of drug-likeness (QED) is 0.800. The third-order valence-electron chi connectivity index (χ3n) is 4.31. The summed E-state index contributed by atoms with van der Waals surface area (Å²) in [6.45, 7) is 0.686. The lowest BCUT2D eigenvalue weighted by molar-refractivity contribution is 0.260. The van der Waals surface area contributed by atoms with E-state index in [0.717, 1.165) is 24.8 Å². The van der Waals surface area contributed by atoms with Gasteiger partial charge in [-0.1, -0.05) is 12.8 Å². The van der Waals surface area contributed by atoms with Gasteiger partial charge in [-0.25, -0.2) is 8.42 Å². The van der Waals surface area contributed by atoms with E-state index in [9.17, 15) is 8.42 Å². The molecule has 2 atom stereocenters. The van der Waals surface area contributed by atoms with Crippen molar-refractivity contribution in [1.29, 1.82) is 0 Å². The summed E-state index contributed by atoms with van der Waals surface area (Å²) >= 11 is 7.05. The summed E-state index contributed by atoms with van der Waals surface area (Å²) in [7, 11) is -3.31. The average molecular weight is 320 g/mol. The highest BCUT2D eigenvalue weighted by atomic mass is 35.5. The third-order valence-corrected chi connectivity index (χ3v) is 8.00. The van der Waals surface area contributed by atoms with Gasteiger partial charge in [0.2, 0.25) is 0 Å². The largest absolute Gasteiger partial charge is 0.252 e. The summed E-state index contributed by atoms with van der Waals surface area (Å²) < 4.78 is 27.6. The van der Waals surface area contributed by atoms with Crippen LogP contribution in [0.15, 0.2) is 15.7 Å². The molecule has 2 heterocycles. The molecule has 0 spiro atoms. The fourth-order valence-corrected chi connectivity index (χ4v) is 6.65. The molecular weight excluding hydrogens is 302 g/mol. The van der Waals surface area contributed by atoms with Gasteiger partial charge in [-0.3, -0.25) is 0 Å². The number of sulfonamides is 1. The van der Waals surface area contributed by atoms with Gasteiger partial charge in [-0.05, 0) is 42.2 Å². The molecule has 106 valence electrons. The summed E-state index contributed by atoms with van der Waals surface area (Å²) in [5.41, 5.74) is 0.893. The van der Waals surface area contributed by atoms with Crippen LogP contribution in [-0.4, -0.2) is 25.3 Å². The molecule has 1 aliphatic carbocycles. The Balaban J connectivity index is 1.88. The molecule has 3 nitrogen and oxygen atoms in total. The van der Waals surface area contributed by atoms with E-state index in [1.807, 2.05) is 5.38 Å². The predicted octanol–water partition coefficient (Wildman–Crippen LogP) is 3.44. The number of thiophene rings is 1. The van der Waals surface area contributed by atoms with Crippen LogP contribution in [0.2, 0.25) is 0 Å². The maximum atomic E-state index is 12.7. The van der Waals surface area contributed by atoms with Crippen LogP contribution in [0.1, 0.15) is 37.7 Å². The molecule has 0 amide bonds. The summed E-state index contributed by atoms with van der Waals surface area (Å²) in [6, 6.07) is 1.96. The van der Waals surface area contributed by atoms with Gasteiger partial charge in [0.15, 0.2) is 0 Å². The van der Waals surface area contributed by atoms with E-state index in [-0.39, 0.29) is 6.04 Å². The van der Waals surface area contributed by atoms with Gasteiger partial charge in [0.25, 0.3) is 10.0 Å². The van der Waals surface area contributed by atoms with Gasteiger partial charge < -0.3 is 0 Å². The van der Waals surface area contributed by atoms with Crippen molar-refractivity contribution >= 4 is 33.0 Å². The van der Waals surface area contributed by atoms with Crippen LogP contribution in [0, 0.1) is 5.92 Å². The van der Waals surface area contributed by atoms with Gasteiger partial charge >= 0.3 is 0 Å². The van der Waals surface area contributed by atoms with Crippen LogP contribution in [0.4, 0.5) is 0 Å². The molecule has 1 aromatic rings. The SMILES string of the molecule is O=S(=O)(c1cc(CCl)cs1)N1CCC2CCCCC21. The molecule has 19 heavy (non-hydrogen) atoms. The number of fused-ring (bicyclic) bond motifs is 1. The molecule has 3 rings (SSSR count). The summed E-state index contributed by atoms with van der Waals surface area (Å²) in [5.74, 6) is 0.953. The van der Waals surface area contributed by atoms with Crippen LogP contribution in [-0.2, 0) is 15.9 Å². The molecular formula is C13H18ClNO2S2. The van der Waals surface area contributed by atoms with Crippen molar-refractivity contribution in [3.05, 3.63) is 17.0 Å². The van der Waals surface area contributed by atoms with E-state index in [1.165, 1.54) is 24.2 Å². The predicted molar refractivity (Wildman–Crippen MR) is 78.1 cm³/mol. The number of rotatable bonds is 3. The van der Waals surface area contributed by atoms with Gasteiger partial charge in [0, 0.05) is 18.5 Å². The van der Waals surface area contributed by atoms with Crippen LogP contribution in [0.5, 0.6) is 0 Å². The van der Waals surface area contributed by atoms with Gasteiger partial charge in [-0.15, -0.1) is 22.9 Å². The van der Waals surface area contributed by atoms with Crippen LogP contribution >= 0.6 is 22.9 Å². The van der Waals surface area contributed by atoms with Gasteiger partial charge in [0.05, 0.1) is 0 Å². The van der Waals surface area contributed by atoms with E-state index in [2.05, 4.69) is 0 Å². The second-order valence-corrected chi connectivity index (χ2v) is 8.72. The Labute approximate surface area is 123 Å². The highest BCUT2D eigenvalue weighted by molar-refractivity contribution is 7.91. The second kappa shape index (κ2) is 5.35. The van der Waals surface area contributed by atoms with Crippen molar-refractivity contribution in [2.24, 2.45) is 5.92 Å². The zero-order valence-corrected chi connectivity index (χ0v) is 13.1. The highest BCUT2D eigenvalue weighted by Gasteiger charge is 2.42. The molecule has 0 bridgehead atoms. The van der Waals surface area contributed by atoms with Crippen LogP contribution in [0.25, 0.3) is 0 Å². The van der Waals surface area contributed by atoms with E-state index in [0.29, 0.717) is 22.6 Å². The molecule has 1 saturated carbocycles. The van der Waals surface area contributed by atoms with Crippen molar-refractivity contribution in [3.63, 3.8) is 0 Å².